The zero-order chi connectivity index (χ0) is 19.9. The molecule has 3 rings (SSSR count). The van der Waals surface area contributed by atoms with Crippen molar-refractivity contribution in [3.63, 3.8) is 0 Å². The Balaban J connectivity index is 1.93. The number of aromatic hydroxyl groups is 1. The first-order valence-corrected chi connectivity index (χ1v) is 9.43. The summed E-state index contributed by atoms with van der Waals surface area (Å²) in [4.78, 5) is 11.7. The number of phenols is 1. The molecule has 0 aliphatic carbocycles. The Kier molecular flexibility index (Phi) is 6.50. The van der Waals surface area contributed by atoms with Crippen LogP contribution in [0.15, 0.2) is 54.8 Å². The predicted molar refractivity (Wildman–Crippen MR) is 110 cm³/mol. The number of nitrogens with one attached hydrogen (secondary N) is 1. The van der Waals surface area contributed by atoms with E-state index >= 15 is 0 Å². The summed E-state index contributed by atoms with van der Waals surface area (Å²) in [6.07, 6.45) is 6.60. The summed E-state index contributed by atoms with van der Waals surface area (Å²) in [6, 6.07) is 11.1. The third-order valence-corrected chi connectivity index (χ3v) is 4.73. The Bertz CT molecular complexity index is 915. The highest BCUT2D eigenvalue weighted by atomic mass is 16.5. The van der Waals surface area contributed by atoms with Gasteiger partial charge in [-0.1, -0.05) is 24.3 Å². The van der Waals surface area contributed by atoms with Gasteiger partial charge in [0.1, 0.15) is 5.75 Å². The van der Waals surface area contributed by atoms with Crippen molar-refractivity contribution in [1.29, 1.82) is 0 Å². The molecule has 0 amide bonds. The average molecular weight is 379 g/mol. The Morgan fingerprint density at radius 1 is 1.14 bits per heavy atom. The van der Waals surface area contributed by atoms with E-state index in [1.54, 1.807) is 19.1 Å². The number of aryl methyl sites for hydroxylation is 1. The van der Waals surface area contributed by atoms with Crippen molar-refractivity contribution >= 4 is 11.5 Å². The van der Waals surface area contributed by atoms with Crippen LogP contribution in [0, 0.1) is 0 Å². The fourth-order valence-corrected chi connectivity index (χ4v) is 3.39. The summed E-state index contributed by atoms with van der Waals surface area (Å²) in [7, 11) is 0. The molecule has 2 aromatic carbocycles. The summed E-state index contributed by atoms with van der Waals surface area (Å²) in [5, 5.41) is 23.0. The molecule has 1 aliphatic heterocycles. The predicted octanol–water partition coefficient (Wildman–Crippen LogP) is 3.55. The van der Waals surface area contributed by atoms with Crippen LogP contribution in [0.1, 0.15) is 30.0 Å². The SMILES string of the molecule is CCOC(=O)CCc1cc(O)ccc1-c1ccc(C2=CC=CNC2)c(CO)c1. The summed E-state index contributed by atoms with van der Waals surface area (Å²) in [5.41, 5.74) is 5.70. The van der Waals surface area contributed by atoms with Crippen LogP contribution in [0.5, 0.6) is 5.75 Å². The molecule has 0 spiro atoms. The van der Waals surface area contributed by atoms with E-state index in [0.29, 0.717) is 19.6 Å². The van der Waals surface area contributed by atoms with Crippen molar-refractivity contribution in [2.75, 3.05) is 13.2 Å². The summed E-state index contributed by atoms with van der Waals surface area (Å²) < 4.78 is 5.01. The first-order valence-electron chi connectivity index (χ1n) is 9.43. The Morgan fingerprint density at radius 2 is 1.96 bits per heavy atom. The Labute approximate surface area is 165 Å². The number of aliphatic hydroxyl groups is 1. The van der Waals surface area contributed by atoms with Crippen LogP contribution in [-0.4, -0.2) is 29.3 Å². The molecular weight excluding hydrogens is 354 g/mol. The average Bonchev–Trinajstić information content (AvgIpc) is 2.73. The van der Waals surface area contributed by atoms with Gasteiger partial charge in [-0.3, -0.25) is 4.79 Å². The largest absolute Gasteiger partial charge is 0.508 e. The fourth-order valence-electron chi connectivity index (χ4n) is 3.39. The zero-order valence-electron chi connectivity index (χ0n) is 15.9. The molecule has 28 heavy (non-hydrogen) atoms. The van der Waals surface area contributed by atoms with Crippen LogP contribution in [0.4, 0.5) is 0 Å². The lowest BCUT2D eigenvalue weighted by Crippen LogP contribution is -2.13. The highest BCUT2D eigenvalue weighted by Crippen LogP contribution is 2.31. The third-order valence-electron chi connectivity index (χ3n) is 4.73. The molecule has 5 heteroatoms. The van der Waals surface area contributed by atoms with Crippen molar-refractivity contribution in [3.05, 3.63) is 71.4 Å². The van der Waals surface area contributed by atoms with Gasteiger partial charge < -0.3 is 20.3 Å². The van der Waals surface area contributed by atoms with Crippen LogP contribution in [0.2, 0.25) is 0 Å². The van der Waals surface area contributed by atoms with Gasteiger partial charge in [0.05, 0.1) is 13.2 Å². The molecule has 5 nitrogen and oxygen atoms in total. The number of esters is 1. The minimum Gasteiger partial charge on any atom is -0.508 e. The monoisotopic (exact) mass is 379 g/mol. The number of ether oxygens (including phenoxy) is 1. The quantitative estimate of drug-likeness (QED) is 0.641. The van der Waals surface area contributed by atoms with Crippen molar-refractivity contribution in [1.82, 2.24) is 5.32 Å². The van der Waals surface area contributed by atoms with Gasteiger partial charge in [0.15, 0.2) is 0 Å². The number of hydrogen-bond donors (Lipinski definition) is 3. The lowest BCUT2D eigenvalue weighted by molar-refractivity contribution is -0.143. The van der Waals surface area contributed by atoms with Crippen molar-refractivity contribution in [2.24, 2.45) is 0 Å². The number of aliphatic hydroxyl groups excluding tert-OH is 1. The van der Waals surface area contributed by atoms with Crippen molar-refractivity contribution < 1.29 is 19.7 Å². The number of carbonyl (C=O) groups excluding carboxylic acids is 1. The van der Waals surface area contributed by atoms with Gasteiger partial charge in [-0.15, -0.1) is 0 Å². The molecule has 0 saturated carbocycles. The topological polar surface area (TPSA) is 78.8 Å². The van der Waals surface area contributed by atoms with Gasteiger partial charge in [0.25, 0.3) is 0 Å². The molecule has 0 fully saturated rings. The summed E-state index contributed by atoms with van der Waals surface area (Å²) >= 11 is 0. The number of allylic oxidation sites excluding steroid dienone is 2. The number of hydrogen-bond acceptors (Lipinski definition) is 5. The van der Waals surface area contributed by atoms with Gasteiger partial charge in [-0.25, -0.2) is 0 Å². The maximum Gasteiger partial charge on any atom is 0.306 e. The number of dihydropyridines is 1. The standard InChI is InChI=1S/C23H25NO4/c1-2-28-23(27)10-6-17-13-20(26)7-9-21(17)16-5-8-22(19(12-16)15-25)18-4-3-11-24-14-18/h3-5,7-9,11-13,24-26H,2,6,10,14-15H2,1H3. The number of benzene rings is 2. The normalized spacial score (nSPS) is 13.0. The Morgan fingerprint density at radius 3 is 2.68 bits per heavy atom. The summed E-state index contributed by atoms with van der Waals surface area (Å²) in [5.74, 6) is -0.0974. The number of carbonyl (C=O) groups is 1. The fraction of sp³-hybridized carbons (Fsp3) is 0.261. The lowest BCUT2D eigenvalue weighted by Gasteiger charge is -2.17. The van der Waals surface area contributed by atoms with E-state index in [0.717, 1.165) is 33.4 Å². The second-order valence-electron chi connectivity index (χ2n) is 6.61. The molecule has 0 atom stereocenters. The van der Waals surface area contributed by atoms with Gasteiger partial charge >= 0.3 is 5.97 Å². The van der Waals surface area contributed by atoms with Gasteiger partial charge in [0.2, 0.25) is 0 Å². The van der Waals surface area contributed by atoms with E-state index in [1.165, 1.54) is 0 Å². The molecule has 0 saturated heterocycles. The molecular formula is C23H25NO4. The molecule has 0 radical (unpaired) electrons. The van der Waals surface area contributed by atoms with Crippen LogP contribution >= 0.6 is 0 Å². The van der Waals surface area contributed by atoms with E-state index in [1.807, 2.05) is 42.6 Å². The first-order chi connectivity index (χ1) is 13.6. The highest BCUT2D eigenvalue weighted by Gasteiger charge is 2.13. The molecule has 1 aliphatic rings. The summed E-state index contributed by atoms with van der Waals surface area (Å²) in [6.45, 7) is 2.78. The molecule has 1 heterocycles. The smallest absolute Gasteiger partial charge is 0.306 e. The molecule has 2 aromatic rings. The maximum absolute atomic E-state index is 11.7. The molecule has 0 unspecified atom stereocenters. The van der Waals surface area contributed by atoms with Crippen LogP contribution in [0.3, 0.4) is 0 Å². The minimum atomic E-state index is -0.257. The first kappa shape index (κ1) is 19.7. The number of phenolic OH excluding ortho intramolecular Hbond substituents is 1. The van der Waals surface area contributed by atoms with Crippen LogP contribution < -0.4 is 5.32 Å². The molecule has 3 N–H and O–H groups in total. The molecule has 146 valence electrons. The van der Waals surface area contributed by atoms with E-state index in [-0.39, 0.29) is 24.7 Å². The maximum atomic E-state index is 11.7. The van der Waals surface area contributed by atoms with E-state index in [9.17, 15) is 15.0 Å². The minimum absolute atomic E-state index is 0.0690. The second-order valence-corrected chi connectivity index (χ2v) is 6.61. The second kappa shape index (κ2) is 9.24. The van der Waals surface area contributed by atoms with Gasteiger partial charge in [0, 0.05) is 13.0 Å². The molecule has 0 aromatic heterocycles. The van der Waals surface area contributed by atoms with Crippen LogP contribution in [-0.2, 0) is 22.6 Å². The van der Waals surface area contributed by atoms with Crippen molar-refractivity contribution in [2.45, 2.75) is 26.4 Å². The number of rotatable bonds is 7. The van der Waals surface area contributed by atoms with E-state index in [4.69, 9.17) is 4.74 Å². The molecule has 0 bridgehead atoms. The Hall–Kier alpha value is -3.05. The van der Waals surface area contributed by atoms with Gasteiger partial charge in [-0.05, 0) is 77.2 Å². The third kappa shape index (κ3) is 4.61. The van der Waals surface area contributed by atoms with E-state index in [2.05, 4.69) is 5.32 Å². The van der Waals surface area contributed by atoms with E-state index < -0.39 is 0 Å². The van der Waals surface area contributed by atoms with Crippen molar-refractivity contribution in [3.8, 4) is 16.9 Å². The lowest BCUT2D eigenvalue weighted by atomic mass is 9.91. The van der Waals surface area contributed by atoms with Gasteiger partial charge in [-0.2, -0.15) is 0 Å². The highest BCUT2D eigenvalue weighted by molar-refractivity contribution is 5.77. The zero-order valence-corrected chi connectivity index (χ0v) is 15.9. The van der Waals surface area contributed by atoms with Crippen LogP contribution in [0.25, 0.3) is 16.7 Å².